The smallest absolute Gasteiger partial charge is 0.252 e. The average Bonchev–Trinajstić information content (AvgIpc) is 2.29. The van der Waals surface area contributed by atoms with Gasteiger partial charge in [0.2, 0.25) is 0 Å². The lowest BCUT2D eigenvalue weighted by Gasteiger charge is -2.36. The number of hydrogen-bond donors (Lipinski definition) is 0. The summed E-state index contributed by atoms with van der Waals surface area (Å²) >= 11 is 0. The predicted octanol–water partition coefficient (Wildman–Crippen LogP) is 6.29. The maximum absolute atomic E-state index is 6.73. The van der Waals surface area contributed by atoms with E-state index in [1.165, 1.54) is 23.7 Å². The van der Waals surface area contributed by atoms with Gasteiger partial charge < -0.3 is 4.43 Å². The van der Waals surface area contributed by atoms with Gasteiger partial charge in [-0.2, -0.15) is 0 Å². The van der Waals surface area contributed by atoms with Gasteiger partial charge >= 0.3 is 0 Å². The largest absolute Gasteiger partial charge is 0.543 e. The first-order valence-corrected chi connectivity index (χ1v) is 11.0. The summed E-state index contributed by atoms with van der Waals surface area (Å²) in [5.74, 6) is 3.20. The minimum Gasteiger partial charge on any atom is -0.543 e. The van der Waals surface area contributed by atoms with Crippen LogP contribution in [0.25, 0.3) is 0 Å². The Bertz CT molecular complexity index is 380. The van der Waals surface area contributed by atoms with E-state index in [2.05, 4.69) is 72.7 Å². The molecule has 1 aromatic rings. The SMILES string of the molecule is Cc1ccc(O[Si](CC(C)C)(CC(C)C)CC(C)C)cc1. The van der Waals surface area contributed by atoms with Gasteiger partial charge in [-0.05, 0) is 54.9 Å². The molecule has 1 nitrogen and oxygen atoms in total. The normalized spacial score (nSPS) is 12.5. The fourth-order valence-corrected chi connectivity index (χ4v) is 9.31. The molecule has 2 heteroatoms. The van der Waals surface area contributed by atoms with Crippen molar-refractivity contribution < 1.29 is 4.43 Å². The van der Waals surface area contributed by atoms with E-state index in [4.69, 9.17) is 4.43 Å². The lowest BCUT2D eigenvalue weighted by molar-refractivity contribution is 0.474. The van der Waals surface area contributed by atoms with Crippen LogP contribution in [0.5, 0.6) is 5.75 Å². The lowest BCUT2D eigenvalue weighted by Crippen LogP contribution is -2.45. The molecule has 0 bridgehead atoms. The summed E-state index contributed by atoms with van der Waals surface area (Å²) < 4.78 is 6.73. The zero-order chi connectivity index (χ0) is 16.0. The first-order chi connectivity index (χ1) is 9.72. The van der Waals surface area contributed by atoms with Crippen molar-refractivity contribution in [2.45, 2.75) is 66.6 Å². The fraction of sp³-hybridized carbons (Fsp3) is 0.684. The van der Waals surface area contributed by atoms with Crippen LogP contribution in [-0.2, 0) is 0 Å². The second kappa shape index (κ2) is 8.02. The molecule has 0 radical (unpaired) electrons. The molecule has 0 fully saturated rings. The molecule has 1 aromatic carbocycles. The van der Waals surface area contributed by atoms with Crippen molar-refractivity contribution in [1.29, 1.82) is 0 Å². The molecule has 0 N–H and O–H groups in total. The van der Waals surface area contributed by atoms with Gasteiger partial charge in [-0.15, -0.1) is 0 Å². The monoisotopic (exact) mass is 306 g/mol. The molecule has 0 aliphatic rings. The second-order valence-electron chi connectivity index (χ2n) is 7.89. The maximum Gasteiger partial charge on any atom is 0.252 e. The highest BCUT2D eigenvalue weighted by Gasteiger charge is 2.39. The molecule has 0 aromatic heterocycles. The van der Waals surface area contributed by atoms with Crippen LogP contribution in [0.15, 0.2) is 24.3 Å². The average molecular weight is 307 g/mol. The molecule has 0 aliphatic heterocycles. The standard InChI is InChI=1S/C19H34OSi/c1-15(2)12-21(13-16(3)4,14-17(5)6)20-19-10-8-18(7)9-11-19/h8-11,15-17H,12-14H2,1-7H3. The summed E-state index contributed by atoms with van der Waals surface area (Å²) in [6.07, 6.45) is 0. The van der Waals surface area contributed by atoms with Crippen molar-refractivity contribution >= 4 is 8.32 Å². The van der Waals surface area contributed by atoms with E-state index in [0.29, 0.717) is 17.8 Å². The second-order valence-corrected chi connectivity index (χ2v) is 11.7. The summed E-state index contributed by atoms with van der Waals surface area (Å²) in [7, 11) is -1.74. The molecule has 21 heavy (non-hydrogen) atoms. The molecule has 0 saturated carbocycles. The van der Waals surface area contributed by atoms with Gasteiger partial charge in [0, 0.05) is 0 Å². The number of benzene rings is 1. The van der Waals surface area contributed by atoms with Crippen LogP contribution in [0.3, 0.4) is 0 Å². The summed E-state index contributed by atoms with van der Waals surface area (Å²) in [6, 6.07) is 12.4. The van der Waals surface area contributed by atoms with Crippen LogP contribution in [0.1, 0.15) is 47.1 Å². The molecule has 1 rings (SSSR count). The molecular weight excluding hydrogens is 272 g/mol. The Morgan fingerprint density at radius 1 is 0.762 bits per heavy atom. The zero-order valence-electron chi connectivity index (χ0n) is 15.1. The van der Waals surface area contributed by atoms with E-state index in [0.717, 1.165) is 5.75 Å². The quantitative estimate of drug-likeness (QED) is 0.513. The van der Waals surface area contributed by atoms with Crippen molar-refractivity contribution in [3.63, 3.8) is 0 Å². The Labute approximate surface area is 133 Å². The summed E-state index contributed by atoms with van der Waals surface area (Å²) in [6.45, 7) is 16.1. The van der Waals surface area contributed by atoms with Crippen LogP contribution in [0.4, 0.5) is 0 Å². The van der Waals surface area contributed by atoms with Gasteiger partial charge in [0.25, 0.3) is 8.32 Å². The van der Waals surface area contributed by atoms with E-state index >= 15 is 0 Å². The number of aryl methyl sites for hydroxylation is 1. The first kappa shape index (κ1) is 18.3. The van der Waals surface area contributed by atoms with Crippen molar-refractivity contribution in [3.05, 3.63) is 29.8 Å². The Balaban J connectivity index is 3.03. The van der Waals surface area contributed by atoms with Crippen molar-refractivity contribution in [2.75, 3.05) is 0 Å². The van der Waals surface area contributed by atoms with E-state index in [-0.39, 0.29) is 0 Å². The van der Waals surface area contributed by atoms with E-state index in [9.17, 15) is 0 Å². The summed E-state index contributed by atoms with van der Waals surface area (Å²) in [5.41, 5.74) is 1.30. The van der Waals surface area contributed by atoms with Gasteiger partial charge in [-0.3, -0.25) is 0 Å². The molecule has 120 valence electrons. The lowest BCUT2D eigenvalue weighted by atomic mass is 10.2. The Hall–Kier alpha value is -0.763. The molecule has 0 atom stereocenters. The topological polar surface area (TPSA) is 9.23 Å². The highest BCUT2D eigenvalue weighted by atomic mass is 28.4. The van der Waals surface area contributed by atoms with Gasteiger partial charge in [-0.25, -0.2) is 0 Å². The van der Waals surface area contributed by atoms with Crippen LogP contribution >= 0.6 is 0 Å². The maximum atomic E-state index is 6.73. The number of hydrogen-bond acceptors (Lipinski definition) is 1. The van der Waals surface area contributed by atoms with E-state index < -0.39 is 8.32 Å². The van der Waals surface area contributed by atoms with Crippen molar-refractivity contribution in [2.24, 2.45) is 17.8 Å². The Morgan fingerprint density at radius 3 is 1.48 bits per heavy atom. The Kier molecular flexibility index (Phi) is 6.99. The third-order valence-corrected chi connectivity index (χ3v) is 9.05. The van der Waals surface area contributed by atoms with Gasteiger partial charge in [0.05, 0.1) is 0 Å². The van der Waals surface area contributed by atoms with E-state index in [1.54, 1.807) is 0 Å². The van der Waals surface area contributed by atoms with E-state index in [1.807, 2.05) is 0 Å². The van der Waals surface area contributed by atoms with Gasteiger partial charge in [0.15, 0.2) is 0 Å². The minimum atomic E-state index is -1.74. The fourth-order valence-electron chi connectivity index (χ4n) is 3.46. The van der Waals surface area contributed by atoms with Crippen molar-refractivity contribution in [3.8, 4) is 5.75 Å². The van der Waals surface area contributed by atoms with Crippen LogP contribution in [0.2, 0.25) is 18.1 Å². The first-order valence-electron chi connectivity index (χ1n) is 8.48. The molecular formula is C19H34OSi. The van der Waals surface area contributed by atoms with Crippen LogP contribution < -0.4 is 4.43 Å². The molecule has 0 unspecified atom stereocenters. The summed E-state index contributed by atoms with van der Waals surface area (Å²) in [4.78, 5) is 0. The van der Waals surface area contributed by atoms with Gasteiger partial charge in [-0.1, -0.05) is 59.2 Å². The highest BCUT2D eigenvalue weighted by molar-refractivity contribution is 6.74. The van der Waals surface area contributed by atoms with Gasteiger partial charge in [0.1, 0.15) is 5.75 Å². The molecule has 0 aliphatic carbocycles. The molecule has 0 heterocycles. The highest BCUT2D eigenvalue weighted by Crippen LogP contribution is 2.34. The zero-order valence-corrected chi connectivity index (χ0v) is 16.1. The number of rotatable bonds is 8. The molecule has 0 saturated heterocycles. The predicted molar refractivity (Wildman–Crippen MR) is 96.5 cm³/mol. The van der Waals surface area contributed by atoms with Crippen LogP contribution in [-0.4, -0.2) is 8.32 Å². The third kappa shape index (κ3) is 6.69. The Morgan fingerprint density at radius 2 is 1.14 bits per heavy atom. The molecule has 0 spiro atoms. The van der Waals surface area contributed by atoms with Crippen LogP contribution in [0, 0.1) is 24.7 Å². The van der Waals surface area contributed by atoms with Crippen molar-refractivity contribution in [1.82, 2.24) is 0 Å². The molecule has 0 amide bonds. The summed E-state index contributed by atoms with van der Waals surface area (Å²) in [5, 5.41) is 0. The minimum absolute atomic E-state index is 0.708. The third-order valence-electron chi connectivity index (χ3n) is 3.70.